The second-order valence-electron chi connectivity index (χ2n) is 4.44. The highest BCUT2D eigenvalue weighted by molar-refractivity contribution is 5.78. The van der Waals surface area contributed by atoms with E-state index in [0.29, 0.717) is 24.9 Å². The van der Waals surface area contributed by atoms with Gasteiger partial charge in [-0.15, -0.1) is 10.2 Å². The molecule has 102 valence electrons. The normalized spacial score (nSPS) is 10.0. The first kappa shape index (κ1) is 13.7. The van der Waals surface area contributed by atoms with Crippen molar-refractivity contribution in [2.45, 2.75) is 12.8 Å². The standard InChI is InChI=1S/C14H15N5O/c1-19-10-17-18-13(19)6-7-16-14(20)8-11-2-4-12(9-15)5-3-11/h2-5,10H,6-8H2,1H3,(H,16,20). The largest absolute Gasteiger partial charge is 0.355 e. The number of carbonyl (C=O) groups is 1. The summed E-state index contributed by atoms with van der Waals surface area (Å²) in [5.74, 6) is 0.792. The fraction of sp³-hybridized carbons (Fsp3) is 0.286. The van der Waals surface area contributed by atoms with Crippen LogP contribution in [0, 0.1) is 11.3 Å². The topological polar surface area (TPSA) is 83.6 Å². The molecule has 0 radical (unpaired) electrons. The molecule has 0 atom stereocenters. The summed E-state index contributed by atoms with van der Waals surface area (Å²) in [5, 5.41) is 19.3. The summed E-state index contributed by atoms with van der Waals surface area (Å²) in [6.45, 7) is 0.529. The molecular weight excluding hydrogens is 254 g/mol. The second-order valence-corrected chi connectivity index (χ2v) is 4.44. The Bertz CT molecular complexity index is 624. The van der Waals surface area contributed by atoms with Gasteiger partial charge in [-0.3, -0.25) is 4.79 Å². The third-order valence-corrected chi connectivity index (χ3v) is 2.92. The van der Waals surface area contributed by atoms with Crippen molar-refractivity contribution in [3.63, 3.8) is 0 Å². The van der Waals surface area contributed by atoms with Crippen molar-refractivity contribution in [1.82, 2.24) is 20.1 Å². The number of nitrogens with one attached hydrogen (secondary N) is 1. The van der Waals surface area contributed by atoms with Gasteiger partial charge < -0.3 is 9.88 Å². The summed E-state index contributed by atoms with van der Waals surface area (Å²) >= 11 is 0. The van der Waals surface area contributed by atoms with Crippen molar-refractivity contribution in [2.24, 2.45) is 7.05 Å². The van der Waals surface area contributed by atoms with Gasteiger partial charge in [-0.25, -0.2) is 0 Å². The molecule has 0 fully saturated rings. The van der Waals surface area contributed by atoms with Crippen LogP contribution in [0.4, 0.5) is 0 Å². The molecule has 2 rings (SSSR count). The first-order valence-electron chi connectivity index (χ1n) is 6.27. The predicted molar refractivity (Wildman–Crippen MR) is 72.6 cm³/mol. The summed E-state index contributed by atoms with van der Waals surface area (Å²) in [6, 6.07) is 9.05. The smallest absolute Gasteiger partial charge is 0.224 e. The molecule has 0 bridgehead atoms. The molecule has 0 saturated carbocycles. The zero-order chi connectivity index (χ0) is 14.4. The van der Waals surface area contributed by atoms with E-state index in [4.69, 9.17) is 5.26 Å². The maximum absolute atomic E-state index is 11.8. The molecule has 2 aromatic rings. The molecule has 0 aliphatic heterocycles. The fourth-order valence-corrected chi connectivity index (χ4v) is 1.79. The maximum Gasteiger partial charge on any atom is 0.224 e. The number of aryl methyl sites for hydroxylation is 1. The van der Waals surface area contributed by atoms with Crippen molar-refractivity contribution in [3.8, 4) is 6.07 Å². The Hall–Kier alpha value is -2.68. The summed E-state index contributed by atoms with van der Waals surface area (Å²) in [7, 11) is 1.87. The van der Waals surface area contributed by atoms with Crippen LogP contribution < -0.4 is 5.32 Å². The summed E-state index contributed by atoms with van der Waals surface area (Å²) in [6.07, 6.45) is 2.59. The number of aromatic nitrogens is 3. The second kappa shape index (κ2) is 6.48. The van der Waals surface area contributed by atoms with Gasteiger partial charge in [0, 0.05) is 20.0 Å². The Morgan fingerprint density at radius 2 is 2.15 bits per heavy atom. The van der Waals surface area contributed by atoms with E-state index in [1.54, 1.807) is 30.6 Å². The number of benzene rings is 1. The number of carbonyl (C=O) groups excluding carboxylic acids is 1. The first-order valence-corrected chi connectivity index (χ1v) is 6.27. The Morgan fingerprint density at radius 1 is 1.40 bits per heavy atom. The number of hydrogen-bond donors (Lipinski definition) is 1. The van der Waals surface area contributed by atoms with Crippen molar-refractivity contribution in [1.29, 1.82) is 5.26 Å². The van der Waals surface area contributed by atoms with Gasteiger partial charge in [-0.2, -0.15) is 5.26 Å². The third kappa shape index (κ3) is 3.65. The molecule has 1 aromatic heterocycles. The van der Waals surface area contributed by atoms with Crippen LogP contribution in [0.5, 0.6) is 0 Å². The lowest BCUT2D eigenvalue weighted by Crippen LogP contribution is -2.27. The first-order chi connectivity index (χ1) is 9.69. The van der Waals surface area contributed by atoms with Gasteiger partial charge in [0.15, 0.2) is 0 Å². The van der Waals surface area contributed by atoms with E-state index in [1.165, 1.54) is 0 Å². The summed E-state index contributed by atoms with van der Waals surface area (Å²) < 4.78 is 1.83. The van der Waals surface area contributed by atoms with Crippen LogP contribution in [0.3, 0.4) is 0 Å². The van der Waals surface area contributed by atoms with Crippen LogP contribution >= 0.6 is 0 Å². The van der Waals surface area contributed by atoms with Gasteiger partial charge in [-0.05, 0) is 17.7 Å². The molecule has 1 heterocycles. The van der Waals surface area contributed by atoms with Crippen LogP contribution in [0.15, 0.2) is 30.6 Å². The SMILES string of the molecule is Cn1cnnc1CCNC(=O)Cc1ccc(C#N)cc1. The van der Waals surface area contributed by atoms with Crippen LogP contribution in [0.25, 0.3) is 0 Å². The van der Waals surface area contributed by atoms with Crippen LogP contribution in [-0.4, -0.2) is 27.2 Å². The Labute approximate surface area is 117 Å². The fourth-order valence-electron chi connectivity index (χ4n) is 1.79. The Morgan fingerprint density at radius 3 is 2.75 bits per heavy atom. The average molecular weight is 269 g/mol. The number of nitrogens with zero attached hydrogens (tertiary/aromatic N) is 4. The molecule has 6 heteroatoms. The predicted octanol–water partition coefficient (Wildman–Crippen LogP) is 0.588. The highest BCUT2D eigenvalue weighted by Crippen LogP contribution is 2.04. The quantitative estimate of drug-likeness (QED) is 0.861. The van der Waals surface area contributed by atoms with Gasteiger partial charge in [-0.1, -0.05) is 12.1 Å². The molecule has 1 aromatic carbocycles. The van der Waals surface area contributed by atoms with Crippen LogP contribution in [0.2, 0.25) is 0 Å². The number of amides is 1. The van der Waals surface area contributed by atoms with E-state index >= 15 is 0 Å². The van der Waals surface area contributed by atoms with Gasteiger partial charge in [0.2, 0.25) is 5.91 Å². The van der Waals surface area contributed by atoms with E-state index in [9.17, 15) is 4.79 Å². The maximum atomic E-state index is 11.8. The Balaban J connectivity index is 1.78. The van der Waals surface area contributed by atoms with E-state index in [2.05, 4.69) is 15.5 Å². The molecule has 0 spiro atoms. The van der Waals surface area contributed by atoms with E-state index in [-0.39, 0.29) is 5.91 Å². The third-order valence-electron chi connectivity index (χ3n) is 2.92. The highest BCUT2D eigenvalue weighted by Gasteiger charge is 2.05. The molecule has 1 N–H and O–H groups in total. The summed E-state index contributed by atoms with van der Waals surface area (Å²) in [4.78, 5) is 11.8. The van der Waals surface area contributed by atoms with Crippen LogP contribution in [0.1, 0.15) is 17.0 Å². The minimum absolute atomic E-state index is 0.0446. The van der Waals surface area contributed by atoms with Crippen molar-refractivity contribution in [3.05, 3.63) is 47.5 Å². The van der Waals surface area contributed by atoms with Gasteiger partial charge in [0.25, 0.3) is 0 Å². The molecule has 6 nitrogen and oxygen atoms in total. The summed E-state index contributed by atoms with van der Waals surface area (Å²) in [5.41, 5.74) is 1.48. The number of rotatable bonds is 5. The molecule has 1 amide bonds. The lowest BCUT2D eigenvalue weighted by Gasteiger charge is -2.05. The minimum Gasteiger partial charge on any atom is -0.355 e. The van der Waals surface area contributed by atoms with Gasteiger partial charge >= 0.3 is 0 Å². The van der Waals surface area contributed by atoms with Crippen molar-refractivity contribution < 1.29 is 4.79 Å². The average Bonchev–Trinajstić information content (AvgIpc) is 2.85. The molecule has 0 saturated heterocycles. The Kier molecular flexibility index (Phi) is 4.45. The molecule has 0 aliphatic carbocycles. The van der Waals surface area contributed by atoms with E-state index in [0.717, 1.165) is 11.4 Å². The minimum atomic E-state index is -0.0446. The monoisotopic (exact) mass is 269 g/mol. The molecule has 20 heavy (non-hydrogen) atoms. The zero-order valence-electron chi connectivity index (χ0n) is 11.2. The van der Waals surface area contributed by atoms with Crippen molar-refractivity contribution >= 4 is 5.91 Å². The number of hydrogen-bond acceptors (Lipinski definition) is 4. The lowest BCUT2D eigenvalue weighted by atomic mass is 10.1. The van der Waals surface area contributed by atoms with Gasteiger partial charge in [0.1, 0.15) is 12.2 Å². The molecule has 0 unspecified atom stereocenters. The molecule has 0 aliphatic rings. The van der Waals surface area contributed by atoms with Crippen molar-refractivity contribution in [2.75, 3.05) is 6.54 Å². The highest BCUT2D eigenvalue weighted by atomic mass is 16.1. The zero-order valence-corrected chi connectivity index (χ0v) is 11.2. The number of nitriles is 1. The van der Waals surface area contributed by atoms with Crippen LogP contribution in [-0.2, 0) is 24.7 Å². The van der Waals surface area contributed by atoms with Gasteiger partial charge in [0.05, 0.1) is 18.1 Å². The lowest BCUT2D eigenvalue weighted by molar-refractivity contribution is -0.120. The van der Waals surface area contributed by atoms with E-state index in [1.807, 2.05) is 17.7 Å². The molecular formula is C14H15N5O. The van der Waals surface area contributed by atoms with E-state index < -0.39 is 0 Å².